The third-order valence-electron chi connectivity index (χ3n) is 7.37. The number of aliphatic hydroxyl groups excluding tert-OH is 2. The van der Waals surface area contributed by atoms with Gasteiger partial charge in [0, 0.05) is 26.9 Å². The molecule has 0 aromatic carbocycles. The lowest BCUT2D eigenvalue weighted by Crippen LogP contribution is -2.59. The van der Waals surface area contributed by atoms with Crippen LogP contribution in [0.5, 0.6) is 0 Å². The standard InChI is InChI=1S/C20H26O4S2/c21-11-5-6-12(22)17-16(11)13(23)8-15-19(17)25-14-7-9-3-1-2-4-10(9)18(24)20(14)26-15/h5-6,9-10,13-20,23-24H,1-4,7-8H2. The van der Waals surface area contributed by atoms with Crippen LogP contribution in [0.4, 0.5) is 0 Å². The molecule has 4 fully saturated rings. The number of hydrogen-bond acceptors (Lipinski definition) is 6. The molecule has 5 aliphatic rings. The first-order valence-corrected chi connectivity index (χ1v) is 11.9. The second-order valence-corrected chi connectivity index (χ2v) is 11.5. The zero-order valence-electron chi connectivity index (χ0n) is 14.7. The maximum atomic E-state index is 12.6. The van der Waals surface area contributed by atoms with Crippen molar-refractivity contribution in [3.05, 3.63) is 12.2 Å². The second-order valence-electron chi connectivity index (χ2n) is 8.71. The third kappa shape index (κ3) is 2.66. The molecular formula is C20H26O4S2. The Morgan fingerprint density at radius 2 is 1.50 bits per heavy atom. The Bertz CT molecular complexity index is 650. The number of fused-ring (bicyclic) bond motifs is 5. The number of ketones is 2. The van der Waals surface area contributed by atoms with E-state index in [1.165, 1.54) is 31.4 Å². The van der Waals surface area contributed by atoms with E-state index in [4.69, 9.17) is 0 Å². The number of aliphatic hydroxyl groups is 2. The quantitative estimate of drug-likeness (QED) is 0.656. The van der Waals surface area contributed by atoms with Crippen molar-refractivity contribution < 1.29 is 19.8 Å². The fourth-order valence-electron chi connectivity index (χ4n) is 6.17. The molecule has 3 saturated carbocycles. The van der Waals surface area contributed by atoms with Crippen LogP contribution in [0.15, 0.2) is 12.2 Å². The number of rotatable bonds is 0. The van der Waals surface area contributed by atoms with Gasteiger partial charge in [-0.25, -0.2) is 0 Å². The summed E-state index contributed by atoms with van der Waals surface area (Å²) in [4.78, 5) is 24.9. The van der Waals surface area contributed by atoms with Crippen LogP contribution < -0.4 is 0 Å². The Kier molecular flexibility index (Phi) is 4.54. The van der Waals surface area contributed by atoms with Crippen molar-refractivity contribution in [1.29, 1.82) is 0 Å². The van der Waals surface area contributed by atoms with Crippen molar-refractivity contribution in [3.63, 3.8) is 0 Å². The normalized spacial score (nSPS) is 53.3. The summed E-state index contributed by atoms with van der Waals surface area (Å²) in [5.41, 5.74) is 0. The number of carbonyl (C=O) groups is 2. The highest BCUT2D eigenvalue weighted by molar-refractivity contribution is 8.08. The van der Waals surface area contributed by atoms with Crippen LogP contribution in [0.1, 0.15) is 38.5 Å². The minimum atomic E-state index is -0.740. The molecular weight excluding hydrogens is 368 g/mol. The molecule has 26 heavy (non-hydrogen) atoms. The predicted octanol–water partition coefficient (Wildman–Crippen LogP) is 2.22. The Hall–Kier alpha value is -0.300. The first-order chi connectivity index (χ1) is 12.5. The average Bonchev–Trinajstić information content (AvgIpc) is 2.63. The monoisotopic (exact) mass is 394 g/mol. The molecule has 0 amide bonds. The molecule has 142 valence electrons. The van der Waals surface area contributed by atoms with Gasteiger partial charge in [0.25, 0.3) is 0 Å². The van der Waals surface area contributed by atoms with Gasteiger partial charge in [0.2, 0.25) is 0 Å². The molecule has 4 aliphatic carbocycles. The Morgan fingerprint density at radius 3 is 2.31 bits per heavy atom. The van der Waals surface area contributed by atoms with Crippen molar-refractivity contribution in [2.75, 3.05) is 0 Å². The number of allylic oxidation sites excluding steroid dienone is 2. The first-order valence-electron chi connectivity index (χ1n) is 9.97. The topological polar surface area (TPSA) is 74.6 Å². The summed E-state index contributed by atoms with van der Waals surface area (Å²) in [7, 11) is 0. The van der Waals surface area contributed by atoms with E-state index in [0.717, 1.165) is 12.8 Å². The molecule has 4 nitrogen and oxygen atoms in total. The molecule has 5 rings (SSSR count). The summed E-state index contributed by atoms with van der Waals surface area (Å²) in [6, 6.07) is 0. The summed E-state index contributed by atoms with van der Waals surface area (Å²) in [5, 5.41) is 22.4. The van der Waals surface area contributed by atoms with Gasteiger partial charge < -0.3 is 10.2 Å². The van der Waals surface area contributed by atoms with E-state index in [0.29, 0.717) is 23.5 Å². The molecule has 10 unspecified atom stereocenters. The van der Waals surface area contributed by atoms with Gasteiger partial charge in [-0.1, -0.05) is 19.3 Å². The van der Waals surface area contributed by atoms with Crippen molar-refractivity contribution in [3.8, 4) is 0 Å². The lowest BCUT2D eigenvalue weighted by Gasteiger charge is -2.55. The highest BCUT2D eigenvalue weighted by Gasteiger charge is 2.57. The van der Waals surface area contributed by atoms with Crippen molar-refractivity contribution in [1.82, 2.24) is 0 Å². The number of thioether (sulfide) groups is 2. The van der Waals surface area contributed by atoms with Gasteiger partial charge in [0.15, 0.2) is 11.6 Å². The number of hydrogen-bond donors (Lipinski definition) is 2. The van der Waals surface area contributed by atoms with E-state index in [2.05, 4.69) is 0 Å². The van der Waals surface area contributed by atoms with Crippen molar-refractivity contribution >= 4 is 35.1 Å². The van der Waals surface area contributed by atoms with Crippen LogP contribution in [0, 0.1) is 23.7 Å². The summed E-state index contributed by atoms with van der Waals surface area (Å²) >= 11 is 3.66. The third-order valence-corrected chi connectivity index (χ3v) is 11.2. The fraction of sp³-hybridized carbons (Fsp3) is 0.800. The van der Waals surface area contributed by atoms with E-state index >= 15 is 0 Å². The van der Waals surface area contributed by atoms with Crippen LogP contribution in [-0.4, -0.2) is 55.0 Å². The highest BCUT2D eigenvalue weighted by atomic mass is 32.2. The van der Waals surface area contributed by atoms with E-state index in [1.54, 1.807) is 0 Å². The molecule has 10 atom stereocenters. The maximum Gasteiger partial charge on any atom is 0.162 e. The fourth-order valence-corrected chi connectivity index (χ4v) is 10.5. The lowest BCUT2D eigenvalue weighted by molar-refractivity contribution is -0.135. The van der Waals surface area contributed by atoms with Gasteiger partial charge in [0.1, 0.15) is 0 Å². The molecule has 2 N–H and O–H groups in total. The Balaban J connectivity index is 1.43. The largest absolute Gasteiger partial charge is 0.392 e. The first kappa shape index (κ1) is 17.8. The minimum Gasteiger partial charge on any atom is -0.392 e. The molecule has 0 spiro atoms. The molecule has 1 aliphatic heterocycles. The molecule has 1 saturated heterocycles. The molecule has 0 radical (unpaired) electrons. The van der Waals surface area contributed by atoms with Gasteiger partial charge in [-0.15, -0.1) is 11.8 Å². The summed E-state index contributed by atoms with van der Waals surface area (Å²) < 4.78 is 0. The van der Waals surface area contributed by atoms with Gasteiger partial charge in [-0.05, 0) is 43.3 Å². The zero-order chi connectivity index (χ0) is 18.0. The lowest BCUT2D eigenvalue weighted by atomic mass is 9.69. The Labute approximate surface area is 162 Å². The van der Waals surface area contributed by atoms with E-state index in [-0.39, 0.29) is 39.3 Å². The molecule has 0 aromatic heterocycles. The van der Waals surface area contributed by atoms with Crippen LogP contribution in [-0.2, 0) is 9.59 Å². The van der Waals surface area contributed by atoms with Gasteiger partial charge >= 0.3 is 0 Å². The summed E-state index contributed by atoms with van der Waals surface area (Å²) in [5.74, 6) is -0.00341. The predicted molar refractivity (Wildman–Crippen MR) is 103 cm³/mol. The maximum absolute atomic E-state index is 12.6. The molecule has 0 aromatic rings. The van der Waals surface area contributed by atoms with Crippen LogP contribution in [0.2, 0.25) is 0 Å². The van der Waals surface area contributed by atoms with Gasteiger partial charge in [-0.3, -0.25) is 9.59 Å². The molecule has 0 bridgehead atoms. The minimum absolute atomic E-state index is 0.00167. The van der Waals surface area contributed by atoms with Crippen LogP contribution >= 0.6 is 23.5 Å². The van der Waals surface area contributed by atoms with Gasteiger partial charge in [-0.2, -0.15) is 11.8 Å². The summed E-state index contributed by atoms with van der Waals surface area (Å²) in [6.07, 6.45) is 8.30. The SMILES string of the molecule is O=C1C=CC(=O)C2C3SC4CC5CCCCC5C(O)C4SC3CC(O)C12. The zero-order valence-corrected chi connectivity index (χ0v) is 16.3. The highest BCUT2D eigenvalue weighted by Crippen LogP contribution is 2.57. The summed E-state index contributed by atoms with van der Waals surface area (Å²) in [6.45, 7) is 0. The molecule has 1 heterocycles. The van der Waals surface area contributed by atoms with E-state index < -0.39 is 12.0 Å². The van der Waals surface area contributed by atoms with E-state index in [1.807, 2.05) is 23.5 Å². The second kappa shape index (κ2) is 6.64. The van der Waals surface area contributed by atoms with Gasteiger partial charge in [0.05, 0.1) is 18.1 Å². The van der Waals surface area contributed by atoms with Crippen LogP contribution in [0.3, 0.4) is 0 Å². The van der Waals surface area contributed by atoms with Crippen molar-refractivity contribution in [2.45, 2.75) is 71.7 Å². The van der Waals surface area contributed by atoms with Crippen LogP contribution in [0.25, 0.3) is 0 Å². The average molecular weight is 395 g/mol. The number of carbonyl (C=O) groups excluding carboxylic acids is 2. The molecule has 6 heteroatoms. The van der Waals surface area contributed by atoms with E-state index in [9.17, 15) is 19.8 Å². The smallest absolute Gasteiger partial charge is 0.162 e. The van der Waals surface area contributed by atoms with Crippen molar-refractivity contribution in [2.24, 2.45) is 23.7 Å². The Morgan fingerprint density at radius 1 is 0.846 bits per heavy atom.